The summed E-state index contributed by atoms with van der Waals surface area (Å²) >= 11 is 5.94. The highest BCUT2D eigenvalue weighted by Crippen LogP contribution is 2.23. The lowest BCUT2D eigenvalue weighted by molar-refractivity contribution is 0.0445. The van der Waals surface area contributed by atoms with Gasteiger partial charge in [0, 0.05) is 0 Å². The second kappa shape index (κ2) is 7.51. The van der Waals surface area contributed by atoms with Crippen LogP contribution in [-0.4, -0.2) is 42.1 Å². The predicted octanol–water partition coefficient (Wildman–Crippen LogP) is 2.30. The summed E-state index contributed by atoms with van der Waals surface area (Å²) in [5, 5.41) is 12.5. The monoisotopic (exact) mass is 363 g/mol. The van der Waals surface area contributed by atoms with Crippen LogP contribution < -0.4 is 5.32 Å². The van der Waals surface area contributed by atoms with Gasteiger partial charge in [0.1, 0.15) is 11.7 Å². The molecule has 0 aliphatic rings. The van der Waals surface area contributed by atoms with Gasteiger partial charge in [0.05, 0.1) is 10.9 Å². The summed E-state index contributed by atoms with van der Waals surface area (Å²) in [6.45, 7) is 6.53. The Morgan fingerprint density at radius 1 is 1.26 bits per heavy atom. The first kappa shape index (κ1) is 19.7. The number of alkyl halides is 1. The SMILES string of the molecule is C[C@H](NC(=O)OC(C)(C)C)[C@@H](O)[C@@H](Cl)S(=O)(=O)c1ccccc1. The molecule has 0 aliphatic carbocycles. The van der Waals surface area contributed by atoms with E-state index in [9.17, 15) is 18.3 Å². The van der Waals surface area contributed by atoms with Gasteiger partial charge in [-0.25, -0.2) is 13.2 Å². The number of ether oxygens (including phenoxy) is 1. The number of amides is 1. The first-order valence-corrected chi connectivity index (χ1v) is 9.04. The van der Waals surface area contributed by atoms with Crippen molar-refractivity contribution in [3.05, 3.63) is 30.3 Å². The molecule has 0 bridgehead atoms. The highest BCUT2D eigenvalue weighted by molar-refractivity contribution is 7.93. The van der Waals surface area contributed by atoms with Crippen LogP contribution in [0.3, 0.4) is 0 Å². The minimum Gasteiger partial charge on any atom is -0.444 e. The third kappa shape index (κ3) is 5.67. The number of carbonyl (C=O) groups excluding carboxylic acids is 1. The molecule has 8 heteroatoms. The molecule has 130 valence electrons. The van der Waals surface area contributed by atoms with Gasteiger partial charge in [0.2, 0.25) is 0 Å². The molecular formula is C15H22ClNO5S. The number of aliphatic hydroxyl groups is 1. The Morgan fingerprint density at radius 3 is 2.26 bits per heavy atom. The molecule has 0 unspecified atom stereocenters. The lowest BCUT2D eigenvalue weighted by Crippen LogP contribution is -2.48. The number of hydrogen-bond acceptors (Lipinski definition) is 5. The summed E-state index contributed by atoms with van der Waals surface area (Å²) in [4.78, 5) is 11.7. The van der Waals surface area contributed by atoms with Crippen molar-refractivity contribution in [2.45, 2.75) is 55.0 Å². The molecular weight excluding hydrogens is 342 g/mol. The van der Waals surface area contributed by atoms with Gasteiger partial charge in [0.15, 0.2) is 14.5 Å². The summed E-state index contributed by atoms with van der Waals surface area (Å²) in [5.74, 6) is 0. The van der Waals surface area contributed by atoms with E-state index in [4.69, 9.17) is 16.3 Å². The molecule has 1 rings (SSSR count). The third-order valence-electron chi connectivity index (χ3n) is 2.89. The lowest BCUT2D eigenvalue weighted by atomic mass is 10.2. The van der Waals surface area contributed by atoms with Crippen LogP contribution in [0.5, 0.6) is 0 Å². The van der Waals surface area contributed by atoms with Crippen LogP contribution >= 0.6 is 11.6 Å². The summed E-state index contributed by atoms with van der Waals surface area (Å²) in [6, 6.07) is 6.67. The van der Waals surface area contributed by atoms with Crippen molar-refractivity contribution in [3.8, 4) is 0 Å². The van der Waals surface area contributed by atoms with Gasteiger partial charge in [-0.05, 0) is 39.8 Å². The van der Waals surface area contributed by atoms with Crippen molar-refractivity contribution in [2.24, 2.45) is 0 Å². The molecule has 0 aliphatic heterocycles. The normalized spacial score (nSPS) is 16.3. The van der Waals surface area contributed by atoms with Crippen LogP contribution in [-0.2, 0) is 14.6 Å². The van der Waals surface area contributed by atoms with Crippen LogP contribution in [0.15, 0.2) is 35.2 Å². The van der Waals surface area contributed by atoms with E-state index in [1.807, 2.05) is 0 Å². The smallest absolute Gasteiger partial charge is 0.407 e. The number of halogens is 1. The standard InChI is InChI=1S/C15H22ClNO5S/c1-10(17-14(19)22-15(2,3)4)12(18)13(16)23(20,21)11-8-6-5-7-9-11/h5-10,12-13,18H,1-4H3,(H,17,19)/t10-,12+,13-/m0/s1. The maximum Gasteiger partial charge on any atom is 0.407 e. The third-order valence-corrected chi connectivity index (χ3v) is 5.66. The van der Waals surface area contributed by atoms with E-state index in [-0.39, 0.29) is 4.90 Å². The number of carbonyl (C=O) groups is 1. The zero-order valence-corrected chi connectivity index (χ0v) is 15.1. The van der Waals surface area contributed by atoms with Crippen LogP contribution in [0.4, 0.5) is 4.79 Å². The minimum atomic E-state index is -3.93. The Morgan fingerprint density at radius 2 is 1.78 bits per heavy atom. The number of sulfone groups is 1. The van der Waals surface area contributed by atoms with Gasteiger partial charge in [0.25, 0.3) is 0 Å². The molecule has 0 spiro atoms. The fraction of sp³-hybridized carbons (Fsp3) is 0.533. The molecule has 1 aromatic rings. The second-order valence-electron chi connectivity index (χ2n) is 6.13. The summed E-state index contributed by atoms with van der Waals surface area (Å²) in [7, 11) is -3.93. The number of hydrogen-bond donors (Lipinski definition) is 2. The summed E-state index contributed by atoms with van der Waals surface area (Å²) in [6.07, 6.45) is -2.26. The number of aliphatic hydroxyl groups excluding tert-OH is 1. The second-order valence-corrected chi connectivity index (χ2v) is 8.93. The molecule has 3 atom stereocenters. The number of alkyl carbamates (subject to hydrolysis) is 1. The topological polar surface area (TPSA) is 92.7 Å². The highest BCUT2D eigenvalue weighted by Gasteiger charge is 2.36. The average Bonchev–Trinajstić information content (AvgIpc) is 2.44. The van der Waals surface area contributed by atoms with Crippen LogP contribution in [0.25, 0.3) is 0 Å². The molecule has 1 aromatic carbocycles. The van der Waals surface area contributed by atoms with Gasteiger partial charge in [-0.2, -0.15) is 0 Å². The van der Waals surface area contributed by atoms with Gasteiger partial charge >= 0.3 is 6.09 Å². The molecule has 0 radical (unpaired) electrons. The summed E-state index contributed by atoms with van der Waals surface area (Å²) < 4.78 is 28.2. The molecule has 6 nitrogen and oxygen atoms in total. The van der Waals surface area contributed by atoms with Crippen molar-refractivity contribution >= 4 is 27.5 Å². The Bertz CT molecular complexity index is 627. The van der Waals surface area contributed by atoms with Crippen LogP contribution in [0, 0.1) is 0 Å². The van der Waals surface area contributed by atoms with Gasteiger partial charge in [-0.3, -0.25) is 0 Å². The Labute approximate surface area is 141 Å². The van der Waals surface area contributed by atoms with Crippen molar-refractivity contribution in [2.75, 3.05) is 0 Å². The van der Waals surface area contributed by atoms with E-state index in [0.717, 1.165) is 0 Å². The first-order valence-electron chi connectivity index (χ1n) is 7.06. The molecule has 0 saturated carbocycles. The van der Waals surface area contributed by atoms with E-state index in [1.165, 1.54) is 19.1 Å². The maximum absolute atomic E-state index is 12.4. The lowest BCUT2D eigenvalue weighted by Gasteiger charge is -2.26. The fourth-order valence-corrected chi connectivity index (χ4v) is 3.66. The van der Waals surface area contributed by atoms with E-state index < -0.39 is 38.4 Å². The van der Waals surface area contributed by atoms with Crippen LogP contribution in [0.1, 0.15) is 27.7 Å². The quantitative estimate of drug-likeness (QED) is 0.783. The van der Waals surface area contributed by atoms with E-state index in [0.29, 0.717) is 0 Å². The van der Waals surface area contributed by atoms with Crippen molar-refractivity contribution < 1.29 is 23.1 Å². The molecule has 0 saturated heterocycles. The maximum atomic E-state index is 12.4. The fourth-order valence-electron chi connectivity index (χ4n) is 1.73. The number of nitrogens with one attached hydrogen (secondary N) is 1. The highest BCUT2D eigenvalue weighted by atomic mass is 35.5. The van der Waals surface area contributed by atoms with Crippen molar-refractivity contribution in [3.63, 3.8) is 0 Å². The zero-order chi connectivity index (χ0) is 17.8. The molecule has 1 amide bonds. The van der Waals surface area contributed by atoms with Crippen LogP contribution in [0.2, 0.25) is 0 Å². The van der Waals surface area contributed by atoms with Gasteiger partial charge < -0.3 is 15.2 Å². The predicted molar refractivity (Wildman–Crippen MR) is 88.1 cm³/mol. The van der Waals surface area contributed by atoms with E-state index >= 15 is 0 Å². The van der Waals surface area contributed by atoms with E-state index in [1.54, 1.807) is 39.0 Å². The zero-order valence-electron chi connectivity index (χ0n) is 13.5. The molecule has 0 fully saturated rings. The molecule has 2 N–H and O–H groups in total. The Hall–Kier alpha value is -1.31. The summed E-state index contributed by atoms with van der Waals surface area (Å²) in [5.41, 5.74) is -0.703. The molecule has 0 heterocycles. The van der Waals surface area contributed by atoms with Crippen molar-refractivity contribution in [1.29, 1.82) is 0 Å². The largest absolute Gasteiger partial charge is 0.444 e. The van der Waals surface area contributed by atoms with Gasteiger partial charge in [-0.15, -0.1) is 11.6 Å². The van der Waals surface area contributed by atoms with Gasteiger partial charge in [-0.1, -0.05) is 18.2 Å². The first-order chi connectivity index (χ1) is 10.4. The molecule has 0 aromatic heterocycles. The molecule has 23 heavy (non-hydrogen) atoms. The number of rotatable bonds is 5. The number of benzene rings is 1. The van der Waals surface area contributed by atoms with E-state index in [2.05, 4.69) is 5.32 Å². The van der Waals surface area contributed by atoms with Crippen molar-refractivity contribution in [1.82, 2.24) is 5.32 Å². The Balaban J connectivity index is 2.80. The minimum absolute atomic E-state index is 0.00326. The Kier molecular flexibility index (Phi) is 6.44. The average molecular weight is 364 g/mol.